The minimum atomic E-state index is -3.43. The van der Waals surface area contributed by atoms with E-state index in [9.17, 15) is 8.42 Å². The molecule has 0 heterocycles. The molecule has 5 nitrogen and oxygen atoms in total. The van der Waals surface area contributed by atoms with E-state index in [1.54, 1.807) is 7.11 Å². The van der Waals surface area contributed by atoms with Gasteiger partial charge in [0, 0.05) is 12.6 Å². The molecule has 0 saturated heterocycles. The largest absolute Gasteiger partial charge is 0.497 e. The number of sulfonamides is 1. The number of likely N-dealkylation sites (N-methyl/N-ethyl adjacent to an activating group) is 1. The average molecular weight is 391 g/mol. The van der Waals surface area contributed by atoms with Crippen LogP contribution >= 0.6 is 0 Å². The highest BCUT2D eigenvalue weighted by Gasteiger charge is 2.22. The van der Waals surface area contributed by atoms with Crippen LogP contribution < -0.4 is 9.46 Å². The van der Waals surface area contributed by atoms with Crippen molar-refractivity contribution in [2.45, 2.75) is 32.6 Å². The number of hydrogen-bond donors (Lipinski definition) is 1. The van der Waals surface area contributed by atoms with Crippen molar-refractivity contribution in [2.24, 2.45) is 0 Å². The topological polar surface area (TPSA) is 58.6 Å². The third-order valence-electron chi connectivity index (χ3n) is 4.84. The minimum absolute atomic E-state index is 0.0112. The Labute approximate surface area is 163 Å². The van der Waals surface area contributed by atoms with E-state index in [0.29, 0.717) is 6.54 Å². The molecule has 1 unspecified atom stereocenters. The molecule has 6 heteroatoms. The van der Waals surface area contributed by atoms with Gasteiger partial charge in [-0.05, 0) is 48.8 Å². The zero-order valence-electron chi connectivity index (χ0n) is 16.6. The summed E-state index contributed by atoms with van der Waals surface area (Å²) >= 11 is 0. The summed E-state index contributed by atoms with van der Waals surface area (Å²) in [4.78, 5) is 2.24. The summed E-state index contributed by atoms with van der Waals surface area (Å²) in [7, 11) is -1.80. The molecule has 27 heavy (non-hydrogen) atoms. The van der Waals surface area contributed by atoms with E-state index in [-0.39, 0.29) is 11.8 Å². The molecule has 0 aliphatic heterocycles. The molecule has 2 aromatic carbocycles. The zero-order valence-corrected chi connectivity index (χ0v) is 17.4. The summed E-state index contributed by atoms with van der Waals surface area (Å²) in [5.74, 6) is 0.760. The number of rotatable bonds is 10. The van der Waals surface area contributed by atoms with Crippen LogP contribution in [0.15, 0.2) is 48.5 Å². The van der Waals surface area contributed by atoms with Gasteiger partial charge in [0.15, 0.2) is 0 Å². The number of benzene rings is 2. The molecule has 0 aromatic heterocycles. The lowest BCUT2D eigenvalue weighted by molar-refractivity contribution is 0.219. The Hall–Kier alpha value is -1.89. The highest BCUT2D eigenvalue weighted by Crippen LogP contribution is 2.24. The van der Waals surface area contributed by atoms with Gasteiger partial charge < -0.3 is 4.74 Å². The lowest BCUT2D eigenvalue weighted by Crippen LogP contribution is -2.38. The third-order valence-corrected chi connectivity index (χ3v) is 6.13. The number of nitrogens with one attached hydrogen (secondary N) is 1. The lowest BCUT2D eigenvalue weighted by atomic mass is 10.0. The fourth-order valence-electron chi connectivity index (χ4n) is 3.20. The Kier molecular flexibility index (Phi) is 7.83. The number of aryl methyl sites for hydroxylation is 1. The Bertz CT molecular complexity index is 833. The van der Waals surface area contributed by atoms with Crippen LogP contribution in [0.3, 0.4) is 0 Å². The highest BCUT2D eigenvalue weighted by atomic mass is 32.2. The molecule has 2 aromatic rings. The van der Waals surface area contributed by atoms with E-state index in [1.165, 1.54) is 0 Å². The molecular formula is C21H30N2O3S. The first-order valence-electron chi connectivity index (χ1n) is 9.30. The second kappa shape index (κ2) is 9.88. The molecule has 0 amide bonds. The van der Waals surface area contributed by atoms with Crippen molar-refractivity contribution in [3.05, 3.63) is 65.2 Å². The molecular weight excluding hydrogens is 360 g/mol. The minimum Gasteiger partial charge on any atom is -0.497 e. The number of methoxy groups -OCH3 is 1. The molecule has 1 atom stereocenters. The first kappa shape index (κ1) is 21.4. The van der Waals surface area contributed by atoms with E-state index < -0.39 is 10.0 Å². The Balaban J connectivity index is 2.18. The second-order valence-electron chi connectivity index (χ2n) is 6.55. The van der Waals surface area contributed by atoms with E-state index in [1.807, 2.05) is 55.5 Å². The van der Waals surface area contributed by atoms with E-state index >= 15 is 0 Å². The van der Waals surface area contributed by atoms with Gasteiger partial charge >= 0.3 is 0 Å². The second-order valence-corrected chi connectivity index (χ2v) is 8.35. The van der Waals surface area contributed by atoms with Crippen molar-refractivity contribution in [3.63, 3.8) is 0 Å². The first-order valence-corrected chi connectivity index (χ1v) is 10.9. The van der Waals surface area contributed by atoms with Gasteiger partial charge in [-0.3, -0.25) is 4.90 Å². The number of ether oxygens (including phenoxy) is 1. The summed E-state index contributed by atoms with van der Waals surface area (Å²) in [6.07, 6.45) is 0. The summed E-state index contributed by atoms with van der Waals surface area (Å²) in [5.41, 5.74) is 2.85. The molecule has 0 spiro atoms. The maximum Gasteiger partial charge on any atom is 0.215 e. The SMILES string of the molecule is CCN(CC)C(CNS(=O)(=O)Cc1ccccc1C)c1cccc(OC)c1. The summed E-state index contributed by atoms with van der Waals surface area (Å²) < 4.78 is 33.5. The van der Waals surface area contributed by atoms with Gasteiger partial charge in [-0.25, -0.2) is 13.1 Å². The van der Waals surface area contributed by atoms with E-state index in [2.05, 4.69) is 23.5 Å². The van der Waals surface area contributed by atoms with Gasteiger partial charge in [-0.2, -0.15) is 0 Å². The quantitative estimate of drug-likeness (QED) is 0.674. The summed E-state index contributed by atoms with van der Waals surface area (Å²) in [6.45, 7) is 8.08. The van der Waals surface area contributed by atoms with E-state index in [0.717, 1.165) is 35.5 Å². The zero-order chi connectivity index (χ0) is 19.9. The smallest absolute Gasteiger partial charge is 0.215 e. The number of hydrogen-bond acceptors (Lipinski definition) is 4. The van der Waals surface area contributed by atoms with Crippen molar-refractivity contribution in [3.8, 4) is 5.75 Å². The van der Waals surface area contributed by atoms with Gasteiger partial charge in [-0.15, -0.1) is 0 Å². The molecule has 148 valence electrons. The highest BCUT2D eigenvalue weighted by molar-refractivity contribution is 7.88. The molecule has 1 N–H and O–H groups in total. The van der Waals surface area contributed by atoms with Crippen LogP contribution in [-0.4, -0.2) is 40.1 Å². The molecule has 0 aliphatic rings. The molecule has 0 aliphatic carbocycles. The van der Waals surface area contributed by atoms with Crippen LogP contribution in [0.2, 0.25) is 0 Å². The summed E-state index contributed by atoms with van der Waals surface area (Å²) in [5, 5.41) is 0. The van der Waals surface area contributed by atoms with Crippen molar-refractivity contribution >= 4 is 10.0 Å². The Morgan fingerprint density at radius 1 is 1.07 bits per heavy atom. The van der Waals surface area contributed by atoms with Gasteiger partial charge in [0.25, 0.3) is 0 Å². The average Bonchev–Trinajstić information content (AvgIpc) is 2.67. The Morgan fingerprint density at radius 3 is 2.41 bits per heavy atom. The van der Waals surface area contributed by atoms with Gasteiger partial charge in [-0.1, -0.05) is 50.2 Å². The van der Waals surface area contributed by atoms with Crippen molar-refractivity contribution in [1.82, 2.24) is 9.62 Å². The predicted molar refractivity (Wildman–Crippen MR) is 110 cm³/mol. The van der Waals surface area contributed by atoms with E-state index in [4.69, 9.17) is 4.74 Å². The van der Waals surface area contributed by atoms with Crippen LogP contribution in [0.4, 0.5) is 0 Å². The molecule has 0 bridgehead atoms. The van der Waals surface area contributed by atoms with Gasteiger partial charge in [0.1, 0.15) is 5.75 Å². The fraction of sp³-hybridized carbons (Fsp3) is 0.429. The van der Waals surface area contributed by atoms with Crippen LogP contribution in [-0.2, 0) is 15.8 Å². The fourth-order valence-corrected chi connectivity index (χ4v) is 4.45. The van der Waals surface area contributed by atoms with Crippen LogP contribution in [0.25, 0.3) is 0 Å². The maximum atomic E-state index is 12.7. The molecule has 0 saturated carbocycles. The normalized spacial score (nSPS) is 12.9. The lowest BCUT2D eigenvalue weighted by Gasteiger charge is -2.30. The maximum absolute atomic E-state index is 12.7. The van der Waals surface area contributed by atoms with Crippen LogP contribution in [0, 0.1) is 6.92 Å². The van der Waals surface area contributed by atoms with Crippen molar-refractivity contribution in [2.75, 3.05) is 26.7 Å². The molecule has 2 rings (SSSR count). The number of nitrogens with zero attached hydrogens (tertiary/aromatic N) is 1. The molecule has 0 radical (unpaired) electrons. The molecule has 0 fully saturated rings. The Morgan fingerprint density at radius 2 is 1.78 bits per heavy atom. The van der Waals surface area contributed by atoms with Crippen LogP contribution in [0.1, 0.15) is 36.6 Å². The van der Waals surface area contributed by atoms with Crippen LogP contribution in [0.5, 0.6) is 5.75 Å². The first-order chi connectivity index (χ1) is 12.9. The van der Waals surface area contributed by atoms with Crippen molar-refractivity contribution in [1.29, 1.82) is 0 Å². The van der Waals surface area contributed by atoms with Gasteiger partial charge in [0.05, 0.1) is 12.9 Å². The van der Waals surface area contributed by atoms with Gasteiger partial charge in [0.2, 0.25) is 10.0 Å². The predicted octanol–water partition coefficient (Wildman–Crippen LogP) is 3.51. The van der Waals surface area contributed by atoms with Crippen molar-refractivity contribution < 1.29 is 13.2 Å². The third kappa shape index (κ3) is 6.06. The monoisotopic (exact) mass is 390 g/mol. The standard InChI is InChI=1S/C21H30N2O3S/c1-5-23(6-2)21(18-12-9-13-20(14-18)26-4)15-22-27(24,25)16-19-11-8-7-10-17(19)3/h7-14,21-22H,5-6,15-16H2,1-4H3. The summed E-state index contributed by atoms with van der Waals surface area (Å²) in [6, 6.07) is 15.3.